The summed E-state index contributed by atoms with van der Waals surface area (Å²) < 4.78 is 57.9. The molecule has 0 bridgehead atoms. The minimum Gasteiger partial charge on any atom is -0.386 e. The Balaban J connectivity index is 1.85. The number of benzene rings is 2. The molecule has 12 nitrogen and oxygen atoms in total. The van der Waals surface area contributed by atoms with E-state index in [0.717, 1.165) is 4.68 Å². The molecule has 18 heteroatoms. The van der Waals surface area contributed by atoms with E-state index < -0.39 is 54.5 Å². The van der Waals surface area contributed by atoms with Gasteiger partial charge in [0, 0.05) is 25.8 Å². The molecule has 2 unspecified atom stereocenters. The van der Waals surface area contributed by atoms with E-state index in [1.807, 2.05) is 0 Å². The van der Waals surface area contributed by atoms with Gasteiger partial charge in [-0.25, -0.2) is 14.2 Å². The molecular weight excluding hydrogens is 714 g/mol. The normalized spacial score (nSPS) is 16.5. The van der Waals surface area contributed by atoms with Crippen molar-refractivity contribution in [3.63, 3.8) is 0 Å². The van der Waals surface area contributed by atoms with Crippen LogP contribution >= 0.6 is 31.9 Å². The molecule has 0 radical (unpaired) electrons. The van der Waals surface area contributed by atoms with Gasteiger partial charge in [0.25, 0.3) is 0 Å². The Morgan fingerprint density at radius 2 is 1.79 bits per heavy atom. The summed E-state index contributed by atoms with van der Waals surface area (Å²) in [6.07, 6.45) is -6.25. The highest BCUT2D eigenvalue weighted by molar-refractivity contribution is 9.11. The fraction of sp³-hybridized carbons (Fsp3) is 0.280. The number of esters is 2. The van der Waals surface area contributed by atoms with Gasteiger partial charge in [0.1, 0.15) is 12.2 Å². The minimum absolute atomic E-state index is 0.0235. The number of guanidine groups is 1. The van der Waals surface area contributed by atoms with Crippen LogP contribution in [0.5, 0.6) is 0 Å². The molecule has 0 spiro atoms. The number of anilines is 1. The van der Waals surface area contributed by atoms with Crippen molar-refractivity contribution in [1.82, 2.24) is 15.1 Å². The Hall–Kier alpha value is -4.06. The molecule has 1 aliphatic rings. The summed E-state index contributed by atoms with van der Waals surface area (Å²) in [7, 11) is 0. The first-order valence-electron chi connectivity index (χ1n) is 12.2. The van der Waals surface area contributed by atoms with Crippen molar-refractivity contribution in [2.45, 2.75) is 30.7 Å². The van der Waals surface area contributed by atoms with Crippen LogP contribution in [0, 0.1) is 0 Å². The molecular formula is C25H21Br2F4N7O5. The highest BCUT2D eigenvalue weighted by Crippen LogP contribution is 2.38. The zero-order valence-corrected chi connectivity index (χ0v) is 24.8. The predicted octanol–water partition coefficient (Wildman–Crippen LogP) is 3.20. The second-order valence-corrected chi connectivity index (χ2v) is 11.2. The summed E-state index contributed by atoms with van der Waals surface area (Å²) in [6.45, 7) is -0.141. The summed E-state index contributed by atoms with van der Waals surface area (Å²) in [5.74, 6) is -7.39. The van der Waals surface area contributed by atoms with Gasteiger partial charge >= 0.3 is 18.1 Å². The van der Waals surface area contributed by atoms with Crippen molar-refractivity contribution >= 4 is 78.2 Å². The summed E-state index contributed by atoms with van der Waals surface area (Å²) in [4.78, 5) is 53.2. The van der Waals surface area contributed by atoms with E-state index in [-0.39, 0.29) is 41.4 Å². The molecule has 43 heavy (non-hydrogen) atoms. The Morgan fingerprint density at radius 3 is 2.35 bits per heavy atom. The number of primary amides is 2. The van der Waals surface area contributed by atoms with Crippen LogP contribution in [0.1, 0.15) is 34.3 Å². The van der Waals surface area contributed by atoms with Gasteiger partial charge in [-0.15, -0.1) is 0 Å². The van der Waals surface area contributed by atoms with Crippen LogP contribution < -0.4 is 22.1 Å². The number of nitrogens with zero attached hydrogens (tertiary/aromatic N) is 3. The van der Waals surface area contributed by atoms with E-state index in [1.165, 1.54) is 30.5 Å². The van der Waals surface area contributed by atoms with Crippen LogP contribution in [0.15, 0.2) is 50.5 Å². The number of fused-ring (bicyclic) bond motifs is 1. The summed E-state index contributed by atoms with van der Waals surface area (Å²) in [5, 5.41) is 10.3. The van der Waals surface area contributed by atoms with Crippen molar-refractivity contribution < 1.29 is 41.5 Å². The quantitative estimate of drug-likeness (QED) is 0.155. The number of hydrogen-bond donors (Lipinski definition) is 4. The molecule has 0 saturated heterocycles. The number of ether oxygens (including phenoxy) is 1. The highest BCUT2D eigenvalue weighted by Gasteiger charge is 2.43. The number of alkyl halides is 4. The molecule has 0 fully saturated rings. The molecule has 2 heterocycles. The van der Waals surface area contributed by atoms with Crippen LogP contribution in [0.2, 0.25) is 0 Å². The standard InChI is InChI=1S/C25H21Br2F4N7O5/c26-12-1-10(2-13(27)5-12)15(6-19(39)43-23(42)25(29,30)31)20(22(33)41)38-18-4-11(21(32)40)3-17(16(18)9-36-38)37-24-34-7-14(28)8-35-24/h1-5,9,14-15,20H,6-8H2,(H2,32,40)(H2,33,41)(H2,34,35,37)/t15-,20?/m0/s1. The lowest BCUT2D eigenvalue weighted by atomic mass is 9.88. The van der Waals surface area contributed by atoms with E-state index >= 15 is 0 Å². The minimum atomic E-state index is -5.44. The third-order valence-electron chi connectivity index (χ3n) is 6.27. The maximum atomic E-state index is 13.5. The van der Waals surface area contributed by atoms with Crippen molar-refractivity contribution in [3.8, 4) is 0 Å². The summed E-state index contributed by atoms with van der Waals surface area (Å²) in [5.41, 5.74) is 11.9. The maximum absolute atomic E-state index is 13.5. The number of rotatable bonds is 8. The van der Waals surface area contributed by atoms with E-state index in [1.54, 1.807) is 6.07 Å². The van der Waals surface area contributed by atoms with Crippen molar-refractivity contribution in [1.29, 1.82) is 0 Å². The van der Waals surface area contributed by atoms with Crippen LogP contribution in [0.4, 0.5) is 23.2 Å². The molecule has 2 amide bonds. The van der Waals surface area contributed by atoms with Crippen molar-refractivity contribution in [2.75, 3.05) is 18.4 Å². The maximum Gasteiger partial charge on any atom is 0.491 e. The fourth-order valence-electron chi connectivity index (χ4n) is 4.41. The molecule has 1 aromatic heterocycles. The van der Waals surface area contributed by atoms with E-state index in [0.29, 0.717) is 14.3 Å². The number of nitrogens with one attached hydrogen (secondary N) is 2. The SMILES string of the molecule is NC(=O)c1cc(NC2=NCC(F)CN2)c2cnn(C(C(N)=O)[C@@H](CC(=O)OC(=O)C(F)(F)F)c3cc(Br)cc(Br)c3)c2c1. The Bertz CT molecular complexity index is 1630. The molecule has 3 aromatic rings. The Kier molecular flexibility index (Phi) is 9.38. The topological polar surface area (TPSA) is 184 Å². The number of nitrogens with two attached hydrogens (primary N) is 2. The number of aromatic nitrogens is 2. The average molecular weight is 735 g/mol. The summed E-state index contributed by atoms with van der Waals surface area (Å²) in [6, 6.07) is 5.72. The molecule has 6 N–H and O–H groups in total. The van der Waals surface area contributed by atoms with Gasteiger partial charge in [-0.3, -0.25) is 19.1 Å². The van der Waals surface area contributed by atoms with Crippen LogP contribution in [-0.2, 0) is 19.1 Å². The number of hydrogen-bond acceptors (Lipinski definition) is 9. The molecule has 228 valence electrons. The molecule has 1 aliphatic heterocycles. The molecule has 2 aromatic carbocycles. The smallest absolute Gasteiger partial charge is 0.386 e. The predicted molar refractivity (Wildman–Crippen MR) is 152 cm³/mol. The lowest BCUT2D eigenvalue weighted by Crippen LogP contribution is -2.41. The van der Waals surface area contributed by atoms with Crippen molar-refractivity contribution in [3.05, 3.63) is 56.6 Å². The number of carbonyl (C=O) groups is 4. The first-order valence-corrected chi connectivity index (χ1v) is 13.8. The Labute approximate surface area is 256 Å². The van der Waals surface area contributed by atoms with Gasteiger partial charge in [-0.05, 0) is 35.9 Å². The Morgan fingerprint density at radius 1 is 1.12 bits per heavy atom. The first-order chi connectivity index (χ1) is 20.1. The number of aliphatic imine (C=N–C) groups is 1. The zero-order chi connectivity index (χ0) is 31.6. The van der Waals surface area contributed by atoms with E-state index in [4.69, 9.17) is 11.5 Å². The van der Waals surface area contributed by atoms with E-state index in [9.17, 15) is 36.7 Å². The summed E-state index contributed by atoms with van der Waals surface area (Å²) >= 11 is 6.57. The van der Waals surface area contributed by atoms with Crippen LogP contribution in [0.3, 0.4) is 0 Å². The zero-order valence-electron chi connectivity index (χ0n) is 21.6. The lowest BCUT2D eigenvalue weighted by molar-refractivity contribution is -0.202. The van der Waals surface area contributed by atoms with Gasteiger partial charge < -0.3 is 26.8 Å². The second-order valence-electron chi connectivity index (χ2n) is 9.32. The van der Waals surface area contributed by atoms with Gasteiger partial charge in [0.2, 0.25) is 11.8 Å². The molecule has 3 atom stereocenters. The lowest BCUT2D eigenvalue weighted by Gasteiger charge is -2.26. The third-order valence-corrected chi connectivity index (χ3v) is 7.18. The molecule has 0 saturated carbocycles. The van der Waals surface area contributed by atoms with Gasteiger partial charge in [0.15, 0.2) is 5.96 Å². The molecule has 4 rings (SSSR count). The van der Waals surface area contributed by atoms with E-state index in [2.05, 4.69) is 57.3 Å². The molecule has 0 aliphatic carbocycles. The number of carbonyl (C=O) groups excluding carboxylic acids is 4. The average Bonchev–Trinajstić information content (AvgIpc) is 3.32. The van der Waals surface area contributed by atoms with Crippen molar-refractivity contribution in [2.24, 2.45) is 16.5 Å². The second kappa shape index (κ2) is 12.7. The largest absolute Gasteiger partial charge is 0.491 e. The van der Waals surface area contributed by atoms with Gasteiger partial charge in [0.05, 0.1) is 36.9 Å². The van der Waals surface area contributed by atoms with Crippen LogP contribution in [-0.4, -0.2) is 64.9 Å². The third kappa shape index (κ3) is 7.48. The van der Waals surface area contributed by atoms with Gasteiger partial charge in [-0.1, -0.05) is 31.9 Å². The number of amides is 2. The van der Waals surface area contributed by atoms with Gasteiger partial charge in [-0.2, -0.15) is 18.3 Å². The monoisotopic (exact) mass is 733 g/mol. The number of halogens is 6. The first kappa shape index (κ1) is 31.9. The van der Waals surface area contributed by atoms with Crippen LogP contribution in [0.25, 0.3) is 10.9 Å². The highest BCUT2D eigenvalue weighted by atomic mass is 79.9. The fourth-order valence-corrected chi connectivity index (χ4v) is 5.74.